The van der Waals surface area contributed by atoms with Gasteiger partial charge in [0.15, 0.2) is 0 Å². The summed E-state index contributed by atoms with van der Waals surface area (Å²) < 4.78 is 5.75. The van der Waals surface area contributed by atoms with E-state index in [0.29, 0.717) is 0 Å². The Kier molecular flexibility index (Phi) is 2.39. The van der Waals surface area contributed by atoms with Crippen LogP contribution in [-0.4, -0.2) is 5.60 Å². The van der Waals surface area contributed by atoms with E-state index in [1.807, 2.05) is 45.0 Å². The maximum atomic E-state index is 5.75. The van der Waals surface area contributed by atoms with Crippen molar-refractivity contribution in [3.05, 3.63) is 42.5 Å². The lowest BCUT2D eigenvalue weighted by Gasteiger charge is -2.21. The minimum absolute atomic E-state index is 0.168. The highest BCUT2D eigenvalue weighted by atomic mass is 16.5. The fraction of sp³-hybridized carbons (Fsp3) is 0.286. The minimum Gasteiger partial charge on any atom is -0.487 e. The maximum Gasteiger partial charge on any atom is 0.128 e. The Morgan fingerprint density at radius 2 is 1.73 bits per heavy atom. The lowest BCUT2D eigenvalue weighted by Crippen LogP contribution is -2.22. The van der Waals surface area contributed by atoms with Crippen LogP contribution in [0.3, 0.4) is 0 Å². The van der Waals surface area contributed by atoms with Gasteiger partial charge in [-0.3, -0.25) is 0 Å². The Hall–Kier alpha value is -1.50. The second kappa shape index (κ2) is 3.58. The molecule has 1 heteroatoms. The topological polar surface area (TPSA) is 9.23 Å². The molecule has 0 fully saturated rings. The normalized spacial score (nSPS) is 11.7. The predicted molar refractivity (Wildman–Crippen MR) is 63.2 cm³/mol. The van der Waals surface area contributed by atoms with Gasteiger partial charge in [-0.25, -0.2) is 0 Å². The van der Waals surface area contributed by atoms with Crippen LogP contribution in [-0.2, 0) is 0 Å². The molecule has 2 rings (SSSR count). The molecule has 0 saturated carbocycles. The van der Waals surface area contributed by atoms with Gasteiger partial charge in [0.2, 0.25) is 0 Å². The molecule has 77 valence electrons. The zero-order valence-electron chi connectivity index (χ0n) is 9.37. The molecule has 0 atom stereocenters. The molecule has 2 aromatic rings. The van der Waals surface area contributed by atoms with Crippen molar-refractivity contribution in [2.45, 2.75) is 26.4 Å². The quantitative estimate of drug-likeness (QED) is 0.678. The first-order chi connectivity index (χ1) is 7.04. The summed E-state index contributed by atoms with van der Waals surface area (Å²) in [5.41, 5.74) is -0.168. The minimum atomic E-state index is -0.168. The second-order valence-corrected chi connectivity index (χ2v) is 4.62. The molecule has 15 heavy (non-hydrogen) atoms. The van der Waals surface area contributed by atoms with Crippen LogP contribution in [0.15, 0.2) is 36.4 Å². The summed E-state index contributed by atoms with van der Waals surface area (Å²) >= 11 is 0. The molecule has 0 amide bonds. The first-order valence-electron chi connectivity index (χ1n) is 5.15. The Balaban J connectivity index is 2.39. The van der Waals surface area contributed by atoms with E-state index in [4.69, 9.17) is 4.74 Å². The van der Waals surface area contributed by atoms with Crippen molar-refractivity contribution in [1.29, 1.82) is 0 Å². The maximum absolute atomic E-state index is 5.75. The van der Waals surface area contributed by atoms with E-state index in [0.717, 1.165) is 11.1 Å². The summed E-state index contributed by atoms with van der Waals surface area (Å²) in [6.07, 6.45) is 0. The van der Waals surface area contributed by atoms with Crippen molar-refractivity contribution < 1.29 is 4.74 Å². The molecule has 0 saturated heterocycles. The lowest BCUT2D eigenvalue weighted by atomic mass is 10.1. The summed E-state index contributed by atoms with van der Waals surface area (Å²) in [5, 5.41) is 2.29. The van der Waals surface area contributed by atoms with Crippen LogP contribution in [0.25, 0.3) is 10.8 Å². The summed E-state index contributed by atoms with van der Waals surface area (Å²) in [6.45, 7) is 6.11. The molecule has 0 spiro atoms. The highest BCUT2D eigenvalue weighted by molar-refractivity contribution is 5.83. The zero-order valence-corrected chi connectivity index (χ0v) is 9.37. The SMILES string of the molecule is CC(C)(C)Oc1[c]c2ccccc2cc1. The highest BCUT2D eigenvalue weighted by Crippen LogP contribution is 2.22. The van der Waals surface area contributed by atoms with Crippen molar-refractivity contribution in [2.24, 2.45) is 0 Å². The molecule has 0 N–H and O–H groups in total. The van der Waals surface area contributed by atoms with Gasteiger partial charge in [0.05, 0.1) is 0 Å². The summed E-state index contributed by atoms with van der Waals surface area (Å²) in [7, 11) is 0. The molecule has 0 unspecified atom stereocenters. The van der Waals surface area contributed by atoms with Gasteiger partial charge in [0, 0.05) is 6.07 Å². The first-order valence-corrected chi connectivity index (χ1v) is 5.15. The van der Waals surface area contributed by atoms with Crippen LogP contribution in [0.1, 0.15) is 20.8 Å². The molecule has 0 aliphatic rings. The van der Waals surface area contributed by atoms with E-state index in [1.165, 1.54) is 5.39 Å². The van der Waals surface area contributed by atoms with Crippen molar-refractivity contribution in [3.8, 4) is 5.75 Å². The highest BCUT2D eigenvalue weighted by Gasteiger charge is 2.11. The van der Waals surface area contributed by atoms with Gasteiger partial charge in [0.1, 0.15) is 11.4 Å². The number of rotatable bonds is 1. The smallest absolute Gasteiger partial charge is 0.128 e. The number of hydrogen-bond acceptors (Lipinski definition) is 1. The average Bonchev–Trinajstić information content (AvgIpc) is 2.15. The van der Waals surface area contributed by atoms with Crippen LogP contribution in [0.5, 0.6) is 5.75 Å². The lowest BCUT2D eigenvalue weighted by molar-refractivity contribution is 0.131. The largest absolute Gasteiger partial charge is 0.487 e. The Labute approximate surface area is 90.7 Å². The van der Waals surface area contributed by atoms with E-state index in [-0.39, 0.29) is 5.60 Å². The van der Waals surface area contributed by atoms with E-state index in [9.17, 15) is 0 Å². The summed E-state index contributed by atoms with van der Waals surface area (Å²) in [5.74, 6) is 0.807. The zero-order chi connectivity index (χ0) is 10.9. The molecule has 0 aliphatic carbocycles. The molecule has 0 heterocycles. The summed E-state index contributed by atoms with van der Waals surface area (Å²) in [6, 6.07) is 15.5. The van der Waals surface area contributed by atoms with Crippen molar-refractivity contribution in [3.63, 3.8) is 0 Å². The van der Waals surface area contributed by atoms with Crippen molar-refractivity contribution >= 4 is 10.8 Å². The van der Waals surface area contributed by atoms with Crippen LogP contribution < -0.4 is 4.74 Å². The molecule has 0 aromatic heterocycles. The Morgan fingerprint density at radius 1 is 1.00 bits per heavy atom. The molecular weight excluding hydrogens is 184 g/mol. The third kappa shape index (κ3) is 2.50. The predicted octanol–water partition coefficient (Wildman–Crippen LogP) is 3.82. The number of hydrogen-bond donors (Lipinski definition) is 0. The molecule has 0 aliphatic heterocycles. The number of ether oxygens (including phenoxy) is 1. The molecule has 2 aromatic carbocycles. The van der Waals surface area contributed by atoms with Crippen LogP contribution in [0, 0.1) is 6.07 Å². The number of benzene rings is 2. The summed E-state index contributed by atoms with van der Waals surface area (Å²) in [4.78, 5) is 0. The second-order valence-electron chi connectivity index (χ2n) is 4.62. The van der Waals surface area contributed by atoms with E-state index in [2.05, 4.69) is 18.2 Å². The van der Waals surface area contributed by atoms with Gasteiger partial charge in [-0.15, -0.1) is 0 Å². The fourth-order valence-corrected chi connectivity index (χ4v) is 1.49. The van der Waals surface area contributed by atoms with Crippen molar-refractivity contribution in [2.75, 3.05) is 0 Å². The Bertz CT molecular complexity index is 466. The molecular formula is C14H15O. The molecule has 1 radical (unpaired) electrons. The van der Waals surface area contributed by atoms with Gasteiger partial charge in [0.25, 0.3) is 0 Å². The molecule has 0 bridgehead atoms. The van der Waals surface area contributed by atoms with Gasteiger partial charge in [-0.1, -0.05) is 30.3 Å². The Morgan fingerprint density at radius 3 is 2.47 bits per heavy atom. The molecule has 1 nitrogen and oxygen atoms in total. The van der Waals surface area contributed by atoms with E-state index in [1.54, 1.807) is 0 Å². The van der Waals surface area contributed by atoms with Gasteiger partial charge in [-0.05, 0) is 37.6 Å². The van der Waals surface area contributed by atoms with E-state index < -0.39 is 0 Å². The average molecular weight is 199 g/mol. The van der Waals surface area contributed by atoms with Crippen LogP contribution in [0.4, 0.5) is 0 Å². The number of fused-ring (bicyclic) bond motifs is 1. The van der Waals surface area contributed by atoms with Crippen LogP contribution in [0.2, 0.25) is 0 Å². The van der Waals surface area contributed by atoms with Crippen molar-refractivity contribution in [1.82, 2.24) is 0 Å². The van der Waals surface area contributed by atoms with Gasteiger partial charge < -0.3 is 4.74 Å². The van der Waals surface area contributed by atoms with Gasteiger partial charge in [-0.2, -0.15) is 0 Å². The third-order valence-electron chi connectivity index (χ3n) is 2.05. The van der Waals surface area contributed by atoms with E-state index >= 15 is 0 Å². The van der Waals surface area contributed by atoms with Gasteiger partial charge >= 0.3 is 0 Å². The first kappa shape index (κ1) is 10.0. The third-order valence-corrected chi connectivity index (χ3v) is 2.05. The fourth-order valence-electron chi connectivity index (χ4n) is 1.49. The monoisotopic (exact) mass is 199 g/mol. The van der Waals surface area contributed by atoms with Crippen LogP contribution >= 0.6 is 0 Å². The standard InChI is InChI=1S/C14H15O/c1-14(2,3)15-13-9-8-11-6-4-5-7-12(11)10-13/h4-9H,1-3H3.